The Labute approximate surface area is 136 Å². The van der Waals surface area contributed by atoms with Gasteiger partial charge < -0.3 is 9.47 Å². The van der Waals surface area contributed by atoms with Crippen LogP contribution in [-0.4, -0.2) is 46.0 Å². The maximum Gasteiger partial charge on any atom is 0.165 e. The molecular weight excluding hydrogens is 292 g/mol. The summed E-state index contributed by atoms with van der Waals surface area (Å²) in [5, 5.41) is 4.23. The molecule has 3 heterocycles. The van der Waals surface area contributed by atoms with Crippen LogP contribution in [0.25, 0.3) is 0 Å². The zero-order valence-electron chi connectivity index (χ0n) is 13.2. The van der Waals surface area contributed by atoms with Crippen molar-refractivity contribution in [3.63, 3.8) is 0 Å². The summed E-state index contributed by atoms with van der Waals surface area (Å²) < 4.78 is 13.5. The van der Waals surface area contributed by atoms with Crippen molar-refractivity contribution in [2.24, 2.45) is 5.92 Å². The largest absolute Gasteiger partial charge is 0.486 e. The highest BCUT2D eigenvalue weighted by atomic mass is 16.6. The van der Waals surface area contributed by atoms with Crippen LogP contribution in [-0.2, 0) is 13.1 Å². The van der Waals surface area contributed by atoms with E-state index in [1.807, 2.05) is 10.7 Å². The van der Waals surface area contributed by atoms with Crippen molar-refractivity contribution in [3.05, 3.63) is 36.4 Å². The molecular formula is C17H22N4O2. The van der Waals surface area contributed by atoms with Crippen LogP contribution >= 0.6 is 0 Å². The molecule has 0 unspecified atom stereocenters. The molecule has 2 aliphatic heterocycles. The van der Waals surface area contributed by atoms with E-state index in [1.165, 1.54) is 18.4 Å². The van der Waals surface area contributed by atoms with Crippen molar-refractivity contribution in [2.75, 3.05) is 26.3 Å². The number of likely N-dealkylation sites (tertiary alicyclic amines) is 1. The average molecular weight is 314 g/mol. The number of aromatic nitrogens is 3. The van der Waals surface area contributed by atoms with E-state index >= 15 is 0 Å². The van der Waals surface area contributed by atoms with E-state index in [2.05, 4.69) is 27.1 Å². The van der Waals surface area contributed by atoms with Gasteiger partial charge in [0.25, 0.3) is 0 Å². The molecule has 0 aliphatic carbocycles. The quantitative estimate of drug-likeness (QED) is 0.863. The Morgan fingerprint density at radius 1 is 1.22 bits per heavy atom. The third-order valence-corrected chi connectivity index (χ3v) is 4.56. The van der Waals surface area contributed by atoms with Gasteiger partial charge in [0.2, 0.25) is 0 Å². The minimum Gasteiger partial charge on any atom is -0.486 e. The second-order valence-corrected chi connectivity index (χ2v) is 6.30. The van der Waals surface area contributed by atoms with Gasteiger partial charge >= 0.3 is 0 Å². The molecule has 0 amide bonds. The van der Waals surface area contributed by atoms with Gasteiger partial charge in [-0.15, -0.1) is 0 Å². The molecule has 4 rings (SSSR count). The van der Waals surface area contributed by atoms with Crippen molar-refractivity contribution in [3.8, 4) is 11.5 Å². The number of hydrogen-bond donors (Lipinski definition) is 0. The molecule has 6 nitrogen and oxygen atoms in total. The standard InChI is InChI=1S/C17H22N4O2/c1-4-15(17-16(5-1)22-7-8-23-17)11-20-6-2-3-14(9-20)10-21-13-18-12-19-21/h1,4-5,12-14H,2-3,6-11H2/t14-/m0/s1. The highest BCUT2D eigenvalue weighted by molar-refractivity contribution is 5.47. The molecule has 0 bridgehead atoms. The maximum atomic E-state index is 5.83. The highest BCUT2D eigenvalue weighted by Gasteiger charge is 2.23. The van der Waals surface area contributed by atoms with E-state index in [1.54, 1.807) is 12.7 Å². The van der Waals surface area contributed by atoms with Crippen LogP contribution < -0.4 is 9.47 Å². The third kappa shape index (κ3) is 3.32. The lowest BCUT2D eigenvalue weighted by atomic mass is 9.97. The lowest BCUT2D eigenvalue weighted by Crippen LogP contribution is -2.36. The SMILES string of the molecule is c1cc(CN2CCC[C@H](Cn3cncn3)C2)c2c(c1)OCCO2. The fourth-order valence-electron chi connectivity index (χ4n) is 3.54. The maximum absolute atomic E-state index is 5.83. The fraction of sp³-hybridized carbons (Fsp3) is 0.529. The molecule has 1 aromatic heterocycles. The number of nitrogens with zero attached hydrogens (tertiary/aromatic N) is 4. The number of para-hydroxylation sites is 1. The number of rotatable bonds is 4. The van der Waals surface area contributed by atoms with E-state index in [-0.39, 0.29) is 0 Å². The molecule has 1 aromatic carbocycles. The number of fused-ring (bicyclic) bond motifs is 1. The normalized spacial score (nSPS) is 21.3. The molecule has 6 heteroatoms. The summed E-state index contributed by atoms with van der Waals surface area (Å²) in [4.78, 5) is 6.54. The van der Waals surface area contributed by atoms with Crippen LogP contribution in [0.2, 0.25) is 0 Å². The van der Waals surface area contributed by atoms with Crippen LogP contribution in [0.3, 0.4) is 0 Å². The van der Waals surface area contributed by atoms with E-state index in [0.717, 1.165) is 37.7 Å². The molecule has 1 fully saturated rings. The Morgan fingerprint density at radius 3 is 3.09 bits per heavy atom. The van der Waals surface area contributed by atoms with Crippen molar-refractivity contribution < 1.29 is 9.47 Å². The van der Waals surface area contributed by atoms with Gasteiger partial charge in [-0.1, -0.05) is 12.1 Å². The van der Waals surface area contributed by atoms with Crippen molar-refractivity contribution in [1.29, 1.82) is 0 Å². The van der Waals surface area contributed by atoms with Gasteiger partial charge in [-0.3, -0.25) is 9.58 Å². The zero-order chi connectivity index (χ0) is 15.5. The predicted octanol–water partition coefficient (Wildman–Crippen LogP) is 1.96. The summed E-state index contributed by atoms with van der Waals surface area (Å²) in [5.74, 6) is 2.43. The number of piperidine rings is 1. The summed E-state index contributed by atoms with van der Waals surface area (Å²) in [6.45, 7) is 5.37. The minimum atomic E-state index is 0.627. The summed E-state index contributed by atoms with van der Waals surface area (Å²) in [5.41, 5.74) is 1.23. The van der Waals surface area contributed by atoms with Gasteiger partial charge in [-0.05, 0) is 31.4 Å². The molecule has 1 atom stereocenters. The molecule has 0 radical (unpaired) electrons. The number of benzene rings is 1. The first-order chi connectivity index (χ1) is 11.4. The van der Waals surface area contributed by atoms with Gasteiger partial charge in [0.15, 0.2) is 11.5 Å². The Balaban J connectivity index is 1.42. The molecule has 0 saturated carbocycles. The van der Waals surface area contributed by atoms with Gasteiger partial charge in [0.1, 0.15) is 25.9 Å². The lowest BCUT2D eigenvalue weighted by molar-refractivity contribution is 0.143. The molecule has 0 spiro atoms. The second-order valence-electron chi connectivity index (χ2n) is 6.30. The van der Waals surface area contributed by atoms with E-state index in [4.69, 9.17) is 9.47 Å². The van der Waals surface area contributed by atoms with Crippen LogP contribution in [0.5, 0.6) is 11.5 Å². The van der Waals surface area contributed by atoms with E-state index < -0.39 is 0 Å². The Morgan fingerprint density at radius 2 is 2.17 bits per heavy atom. The smallest absolute Gasteiger partial charge is 0.165 e. The van der Waals surface area contributed by atoms with E-state index in [0.29, 0.717) is 19.1 Å². The molecule has 0 N–H and O–H groups in total. The first-order valence-corrected chi connectivity index (χ1v) is 8.31. The van der Waals surface area contributed by atoms with Crippen LogP contribution in [0.4, 0.5) is 0 Å². The van der Waals surface area contributed by atoms with Crippen LogP contribution in [0, 0.1) is 5.92 Å². The van der Waals surface area contributed by atoms with E-state index in [9.17, 15) is 0 Å². The molecule has 1 saturated heterocycles. The Hall–Kier alpha value is -2.08. The first kappa shape index (κ1) is 14.5. The fourth-order valence-corrected chi connectivity index (χ4v) is 3.54. The highest BCUT2D eigenvalue weighted by Crippen LogP contribution is 2.34. The van der Waals surface area contributed by atoms with Gasteiger partial charge in [-0.2, -0.15) is 5.10 Å². The predicted molar refractivity (Wildman–Crippen MR) is 85.5 cm³/mol. The molecule has 2 aliphatic rings. The molecule has 122 valence electrons. The third-order valence-electron chi connectivity index (χ3n) is 4.56. The summed E-state index contributed by atoms with van der Waals surface area (Å²) in [6.07, 6.45) is 5.89. The van der Waals surface area contributed by atoms with Crippen molar-refractivity contribution in [1.82, 2.24) is 19.7 Å². The number of ether oxygens (including phenoxy) is 2. The van der Waals surface area contributed by atoms with Crippen molar-refractivity contribution in [2.45, 2.75) is 25.9 Å². The average Bonchev–Trinajstić information content (AvgIpc) is 3.09. The van der Waals surface area contributed by atoms with Gasteiger partial charge in [0, 0.05) is 25.2 Å². The van der Waals surface area contributed by atoms with Crippen LogP contribution in [0.1, 0.15) is 18.4 Å². The first-order valence-electron chi connectivity index (χ1n) is 8.31. The van der Waals surface area contributed by atoms with Crippen LogP contribution in [0.15, 0.2) is 30.9 Å². The Kier molecular flexibility index (Phi) is 4.15. The van der Waals surface area contributed by atoms with Gasteiger partial charge in [0.05, 0.1) is 0 Å². The summed E-state index contributed by atoms with van der Waals surface area (Å²) >= 11 is 0. The zero-order valence-corrected chi connectivity index (χ0v) is 13.2. The lowest BCUT2D eigenvalue weighted by Gasteiger charge is -2.33. The summed E-state index contributed by atoms with van der Waals surface area (Å²) in [7, 11) is 0. The van der Waals surface area contributed by atoms with Gasteiger partial charge in [-0.25, -0.2) is 4.98 Å². The minimum absolute atomic E-state index is 0.627. The number of hydrogen-bond acceptors (Lipinski definition) is 5. The second kappa shape index (κ2) is 6.58. The molecule has 23 heavy (non-hydrogen) atoms. The summed E-state index contributed by atoms with van der Waals surface area (Å²) in [6, 6.07) is 6.19. The molecule has 2 aromatic rings. The monoisotopic (exact) mass is 314 g/mol. The van der Waals surface area contributed by atoms with Crippen molar-refractivity contribution >= 4 is 0 Å². The topological polar surface area (TPSA) is 52.4 Å². The Bertz CT molecular complexity index is 644.